The maximum atomic E-state index is 11.5. The lowest BCUT2D eigenvalue weighted by molar-refractivity contribution is -0.121. The zero-order valence-electron chi connectivity index (χ0n) is 10.3. The summed E-state index contributed by atoms with van der Waals surface area (Å²) in [6, 6.07) is 4.99. The second kappa shape index (κ2) is 7.65. The number of amides is 1. The van der Waals surface area contributed by atoms with Crippen molar-refractivity contribution >= 4 is 5.91 Å². The number of rotatable bonds is 7. The number of hydrogen-bond donors (Lipinski definition) is 1. The van der Waals surface area contributed by atoms with Gasteiger partial charge in [0.1, 0.15) is 0 Å². The van der Waals surface area contributed by atoms with Crippen LogP contribution in [-0.4, -0.2) is 17.0 Å². The number of carbonyl (C=O) groups is 1. The minimum absolute atomic E-state index is 0.0110. The van der Waals surface area contributed by atoms with E-state index in [1.165, 1.54) is 6.07 Å². The molecule has 0 aliphatic rings. The lowest BCUT2D eigenvalue weighted by Crippen LogP contribution is -2.27. The van der Waals surface area contributed by atoms with Crippen LogP contribution in [0.2, 0.25) is 0 Å². The number of hydrogen-bond acceptors (Lipinski definition) is 2. The highest BCUT2D eigenvalue weighted by molar-refractivity contribution is 5.75. The highest BCUT2D eigenvalue weighted by atomic mass is 16.1. The first-order valence-electron chi connectivity index (χ1n) is 6.16. The van der Waals surface area contributed by atoms with E-state index in [4.69, 9.17) is 0 Å². The molecule has 94 valence electrons. The number of pyridine rings is 1. The van der Waals surface area contributed by atoms with Crippen molar-refractivity contribution in [2.45, 2.75) is 39.2 Å². The predicted molar refractivity (Wildman–Crippen MR) is 67.9 cm³/mol. The Kier molecular flexibility index (Phi) is 6.07. The van der Waals surface area contributed by atoms with Gasteiger partial charge in [0, 0.05) is 31.8 Å². The highest BCUT2D eigenvalue weighted by Gasteiger charge is 2.01. The molecule has 1 heterocycles. The molecule has 0 saturated carbocycles. The number of carbonyl (C=O) groups excluding carboxylic acids is 1. The van der Waals surface area contributed by atoms with E-state index in [0.29, 0.717) is 13.0 Å². The smallest absolute Gasteiger partial charge is 0.250 e. The lowest BCUT2D eigenvalue weighted by atomic mass is 10.2. The Labute approximate surface area is 102 Å². The molecule has 1 aromatic heterocycles. The van der Waals surface area contributed by atoms with E-state index in [-0.39, 0.29) is 11.5 Å². The molecule has 17 heavy (non-hydrogen) atoms. The second-order valence-corrected chi connectivity index (χ2v) is 4.04. The summed E-state index contributed by atoms with van der Waals surface area (Å²) < 4.78 is 1.55. The minimum Gasteiger partial charge on any atom is -0.356 e. The molecule has 0 fully saturated rings. The Bertz CT molecular complexity index is 398. The molecule has 1 amide bonds. The largest absolute Gasteiger partial charge is 0.356 e. The third kappa shape index (κ3) is 5.33. The van der Waals surface area contributed by atoms with E-state index in [2.05, 4.69) is 12.2 Å². The van der Waals surface area contributed by atoms with Gasteiger partial charge >= 0.3 is 0 Å². The predicted octanol–water partition coefficient (Wildman–Crippen LogP) is 1.54. The van der Waals surface area contributed by atoms with Crippen LogP contribution in [0.25, 0.3) is 0 Å². The summed E-state index contributed by atoms with van der Waals surface area (Å²) in [5.74, 6) is 0.0110. The molecule has 1 aromatic rings. The maximum Gasteiger partial charge on any atom is 0.250 e. The molecule has 0 radical (unpaired) electrons. The molecule has 4 nitrogen and oxygen atoms in total. The average molecular weight is 236 g/mol. The summed E-state index contributed by atoms with van der Waals surface area (Å²) in [6.45, 7) is 3.30. The maximum absolute atomic E-state index is 11.5. The quantitative estimate of drug-likeness (QED) is 0.730. The number of unbranched alkanes of at least 4 members (excludes halogenated alkanes) is 2. The van der Waals surface area contributed by atoms with Crippen molar-refractivity contribution in [3.05, 3.63) is 34.7 Å². The first-order chi connectivity index (χ1) is 8.24. The summed E-state index contributed by atoms with van der Waals surface area (Å²) >= 11 is 0. The van der Waals surface area contributed by atoms with Gasteiger partial charge < -0.3 is 9.88 Å². The van der Waals surface area contributed by atoms with E-state index >= 15 is 0 Å². The fourth-order valence-electron chi connectivity index (χ4n) is 1.56. The van der Waals surface area contributed by atoms with Crippen molar-refractivity contribution in [3.8, 4) is 0 Å². The van der Waals surface area contributed by atoms with E-state index in [1.54, 1.807) is 22.9 Å². The monoisotopic (exact) mass is 236 g/mol. The third-order valence-corrected chi connectivity index (χ3v) is 2.58. The first kappa shape index (κ1) is 13.5. The summed E-state index contributed by atoms with van der Waals surface area (Å²) in [4.78, 5) is 22.8. The first-order valence-corrected chi connectivity index (χ1v) is 6.16. The van der Waals surface area contributed by atoms with Crippen LogP contribution in [-0.2, 0) is 11.3 Å². The van der Waals surface area contributed by atoms with Gasteiger partial charge in [0.15, 0.2) is 0 Å². The number of nitrogens with one attached hydrogen (secondary N) is 1. The van der Waals surface area contributed by atoms with Crippen LogP contribution in [0.5, 0.6) is 0 Å². The molecule has 1 rings (SSSR count). The van der Waals surface area contributed by atoms with Crippen LogP contribution in [0.1, 0.15) is 32.6 Å². The molecule has 0 aliphatic heterocycles. The van der Waals surface area contributed by atoms with Crippen molar-refractivity contribution in [1.29, 1.82) is 0 Å². The standard InChI is InChI=1S/C13H20N2O2/c1-2-3-5-9-14-12(16)8-11-15-10-6-4-7-13(15)17/h4,6-7,10H,2-3,5,8-9,11H2,1H3,(H,14,16). The zero-order valence-corrected chi connectivity index (χ0v) is 10.3. The highest BCUT2D eigenvalue weighted by Crippen LogP contribution is 1.92. The van der Waals surface area contributed by atoms with Crippen LogP contribution in [0.15, 0.2) is 29.2 Å². The Morgan fingerprint density at radius 1 is 1.35 bits per heavy atom. The molecule has 0 aromatic carbocycles. The SMILES string of the molecule is CCCCCNC(=O)CCn1ccccc1=O. The summed E-state index contributed by atoms with van der Waals surface area (Å²) in [5, 5.41) is 2.85. The molecule has 0 spiro atoms. The van der Waals surface area contributed by atoms with E-state index in [9.17, 15) is 9.59 Å². The van der Waals surface area contributed by atoms with Crippen LogP contribution in [0.4, 0.5) is 0 Å². The van der Waals surface area contributed by atoms with Gasteiger partial charge in [-0.05, 0) is 12.5 Å². The Morgan fingerprint density at radius 3 is 2.88 bits per heavy atom. The van der Waals surface area contributed by atoms with Gasteiger partial charge in [0.05, 0.1) is 0 Å². The van der Waals surface area contributed by atoms with Crippen molar-refractivity contribution in [2.75, 3.05) is 6.54 Å². The third-order valence-electron chi connectivity index (χ3n) is 2.58. The number of nitrogens with zero attached hydrogens (tertiary/aromatic N) is 1. The summed E-state index contributed by atoms with van der Waals surface area (Å²) in [7, 11) is 0. The van der Waals surface area contributed by atoms with E-state index in [0.717, 1.165) is 25.8 Å². The van der Waals surface area contributed by atoms with Crippen LogP contribution < -0.4 is 10.9 Å². The van der Waals surface area contributed by atoms with Crippen LogP contribution in [0.3, 0.4) is 0 Å². The van der Waals surface area contributed by atoms with Gasteiger partial charge in [-0.1, -0.05) is 25.8 Å². The fourth-order valence-corrected chi connectivity index (χ4v) is 1.56. The topological polar surface area (TPSA) is 51.1 Å². The molecule has 0 bridgehead atoms. The Morgan fingerprint density at radius 2 is 2.18 bits per heavy atom. The van der Waals surface area contributed by atoms with Gasteiger partial charge in [-0.2, -0.15) is 0 Å². The molecule has 0 unspecified atom stereocenters. The lowest BCUT2D eigenvalue weighted by Gasteiger charge is -2.06. The molecular weight excluding hydrogens is 216 g/mol. The average Bonchev–Trinajstić information content (AvgIpc) is 2.34. The number of aromatic nitrogens is 1. The van der Waals surface area contributed by atoms with E-state index in [1.807, 2.05) is 0 Å². The van der Waals surface area contributed by atoms with Crippen molar-refractivity contribution in [1.82, 2.24) is 9.88 Å². The van der Waals surface area contributed by atoms with Gasteiger partial charge in [-0.15, -0.1) is 0 Å². The molecule has 1 N–H and O–H groups in total. The minimum atomic E-state index is -0.0636. The number of aryl methyl sites for hydroxylation is 1. The van der Waals surface area contributed by atoms with Gasteiger partial charge in [0.25, 0.3) is 5.56 Å². The molecule has 0 saturated heterocycles. The molecule has 4 heteroatoms. The van der Waals surface area contributed by atoms with Crippen molar-refractivity contribution < 1.29 is 4.79 Å². The molecular formula is C13H20N2O2. The Hall–Kier alpha value is -1.58. The fraction of sp³-hybridized carbons (Fsp3) is 0.538. The van der Waals surface area contributed by atoms with Gasteiger partial charge in [-0.3, -0.25) is 9.59 Å². The second-order valence-electron chi connectivity index (χ2n) is 4.04. The summed E-state index contributed by atoms with van der Waals surface area (Å²) in [6.07, 6.45) is 5.37. The van der Waals surface area contributed by atoms with Crippen molar-refractivity contribution in [2.24, 2.45) is 0 Å². The Balaban J connectivity index is 2.24. The van der Waals surface area contributed by atoms with Crippen LogP contribution >= 0.6 is 0 Å². The molecule has 0 aliphatic carbocycles. The van der Waals surface area contributed by atoms with Gasteiger partial charge in [0.2, 0.25) is 5.91 Å². The van der Waals surface area contributed by atoms with Gasteiger partial charge in [-0.25, -0.2) is 0 Å². The zero-order chi connectivity index (χ0) is 12.5. The van der Waals surface area contributed by atoms with Crippen molar-refractivity contribution in [3.63, 3.8) is 0 Å². The van der Waals surface area contributed by atoms with Crippen LogP contribution in [0, 0.1) is 0 Å². The van der Waals surface area contributed by atoms with E-state index < -0.39 is 0 Å². The summed E-state index contributed by atoms with van der Waals surface area (Å²) in [5.41, 5.74) is -0.0636. The normalized spacial score (nSPS) is 10.2. The molecule has 0 atom stereocenters.